The summed E-state index contributed by atoms with van der Waals surface area (Å²) < 4.78 is 39.1. The quantitative estimate of drug-likeness (QED) is 0.875. The second-order valence-electron chi connectivity index (χ2n) is 3.49. The van der Waals surface area contributed by atoms with Crippen LogP contribution in [0.15, 0.2) is 34.9 Å². The fraction of sp³-hybridized carbons (Fsp3) is 0.0909. The first-order valence-corrected chi connectivity index (χ1v) is 5.63. The first-order chi connectivity index (χ1) is 8.38. The third-order valence-corrected chi connectivity index (χ3v) is 2.70. The lowest BCUT2D eigenvalue weighted by Crippen LogP contribution is -2.08. The molecule has 18 heavy (non-hydrogen) atoms. The van der Waals surface area contributed by atoms with E-state index in [0.717, 1.165) is 6.07 Å². The standard InChI is InChI=1S/C11H7BrF3N3/c12-6-1-2-7(8(5-6)11(13,14)15)10-17-4-3-9(16)18-10/h1-5H,(H2,16,17,18). The molecule has 0 saturated carbocycles. The Hall–Kier alpha value is -1.63. The number of hydrogen-bond acceptors (Lipinski definition) is 3. The van der Waals surface area contributed by atoms with Crippen molar-refractivity contribution in [1.82, 2.24) is 9.97 Å². The summed E-state index contributed by atoms with van der Waals surface area (Å²) in [5.74, 6) is 0.0749. The maximum absolute atomic E-state index is 12.9. The second kappa shape index (κ2) is 4.56. The van der Waals surface area contributed by atoms with Crippen LogP contribution in [0.4, 0.5) is 19.0 Å². The number of nitrogens with zero attached hydrogens (tertiary/aromatic N) is 2. The SMILES string of the molecule is Nc1ccnc(-c2ccc(Br)cc2C(F)(F)F)n1. The zero-order valence-corrected chi connectivity index (χ0v) is 10.5. The lowest BCUT2D eigenvalue weighted by atomic mass is 10.1. The van der Waals surface area contributed by atoms with Gasteiger partial charge in [-0.3, -0.25) is 0 Å². The third-order valence-electron chi connectivity index (χ3n) is 2.21. The van der Waals surface area contributed by atoms with Gasteiger partial charge in [0.15, 0.2) is 5.82 Å². The first kappa shape index (κ1) is 12.8. The highest BCUT2D eigenvalue weighted by atomic mass is 79.9. The van der Waals surface area contributed by atoms with Crippen LogP contribution in [0.2, 0.25) is 0 Å². The maximum atomic E-state index is 12.9. The molecule has 1 heterocycles. The molecule has 94 valence electrons. The lowest BCUT2D eigenvalue weighted by molar-refractivity contribution is -0.137. The Morgan fingerprint density at radius 3 is 2.50 bits per heavy atom. The van der Waals surface area contributed by atoms with Crippen molar-refractivity contribution < 1.29 is 13.2 Å². The van der Waals surface area contributed by atoms with Gasteiger partial charge in [-0.1, -0.05) is 15.9 Å². The molecule has 0 aliphatic rings. The highest BCUT2D eigenvalue weighted by molar-refractivity contribution is 9.10. The Labute approximate surface area is 109 Å². The molecule has 1 aromatic carbocycles. The molecule has 0 fully saturated rings. The molecule has 0 saturated heterocycles. The van der Waals surface area contributed by atoms with Crippen LogP contribution in [0.1, 0.15) is 5.56 Å². The summed E-state index contributed by atoms with van der Waals surface area (Å²) in [7, 11) is 0. The number of hydrogen-bond donors (Lipinski definition) is 1. The van der Waals surface area contributed by atoms with E-state index in [9.17, 15) is 13.2 Å². The van der Waals surface area contributed by atoms with Crippen LogP contribution < -0.4 is 5.73 Å². The maximum Gasteiger partial charge on any atom is 0.417 e. The Bertz CT molecular complexity index is 584. The van der Waals surface area contributed by atoms with E-state index in [-0.39, 0.29) is 17.2 Å². The highest BCUT2D eigenvalue weighted by Gasteiger charge is 2.34. The van der Waals surface area contributed by atoms with Crippen molar-refractivity contribution in [3.8, 4) is 11.4 Å². The van der Waals surface area contributed by atoms with Crippen LogP contribution in [0.5, 0.6) is 0 Å². The van der Waals surface area contributed by atoms with Crippen molar-refractivity contribution >= 4 is 21.7 Å². The van der Waals surface area contributed by atoms with E-state index in [4.69, 9.17) is 5.73 Å². The Morgan fingerprint density at radius 2 is 1.89 bits per heavy atom. The summed E-state index contributed by atoms with van der Waals surface area (Å²) in [6.07, 6.45) is -3.16. The summed E-state index contributed by atoms with van der Waals surface area (Å²) in [5, 5.41) is 0. The zero-order valence-electron chi connectivity index (χ0n) is 8.87. The number of rotatable bonds is 1. The van der Waals surface area contributed by atoms with Gasteiger partial charge in [-0.25, -0.2) is 9.97 Å². The number of benzene rings is 1. The van der Waals surface area contributed by atoms with E-state index >= 15 is 0 Å². The topological polar surface area (TPSA) is 51.8 Å². The molecule has 2 rings (SSSR count). The van der Waals surface area contributed by atoms with Gasteiger partial charge in [-0.2, -0.15) is 13.2 Å². The average molecular weight is 318 g/mol. The normalized spacial score (nSPS) is 11.6. The monoisotopic (exact) mass is 317 g/mol. The van der Waals surface area contributed by atoms with Crippen LogP contribution in [-0.4, -0.2) is 9.97 Å². The van der Waals surface area contributed by atoms with E-state index in [1.165, 1.54) is 24.4 Å². The van der Waals surface area contributed by atoms with E-state index in [1.807, 2.05) is 0 Å². The molecule has 0 atom stereocenters. The molecule has 3 nitrogen and oxygen atoms in total. The number of alkyl halides is 3. The van der Waals surface area contributed by atoms with Gasteiger partial charge in [0, 0.05) is 16.2 Å². The van der Waals surface area contributed by atoms with E-state index in [0.29, 0.717) is 4.47 Å². The fourth-order valence-electron chi connectivity index (χ4n) is 1.45. The summed E-state index contributed by atoms with van der Waals surface area (Å²) in [6.45, 7) is 0. The molecule has 0 bridgehead atoms. The van der Waals surface area contributed by atoms with Crippen LogP contribution in [0.3, 0.4) is 0 Å². The van der Waals surface area contributed by atoms with Crippen molar-refractivity contribution in [3.63, 3.8) is 0 Å². The van der Waals surface area contributed by atoms with E-state index in [1.54, 1.807) is 0 Å². The second-order valence-corrected chi connectivity index (χ2v) is 4.41. The van der Waals surface area contributed by atoms with Crippen molar-refractivity contribution in [2.45, 2.75) is 6.18 Å². The van der Waals surface area contributed by atoms with Gasteiger partial charge < -0.3 is 5.73 Å². The minimum absolute atomic E-state index is 0.0465. The van der Waals surface area contributed by atoms with Crippen molar-refractivity contribution in [1.29, 1.82) is 0 Å². The van der Waals surface area contributed by atoms with Gasteiger partial charge in [0.05, 0.1) is 5.56 Å². The Balaban J connectivity index is 2.64. The molecule has 0 radical (unpaired) electrons. The first-order valence-electron chi connectivity index (χ1n) is 4.83. The molecule has 2 aromatic rings. The Morgan fingerprint density at radius 1 is 1.17 bits per heavy atom. The fourth-order valence-corrected chi connectivity index (χ4v) is 1.81. The van der Waals surface area contributed by atoms with Gasteiger partial charge in [-0.15, -0.1) is 0 Å². The van der Waals surface area contributed by atoms with Crippen LogP contribution in [0.25, 0.3) is 11.4 Å². The van der Waals surface area contributed by atoms with E-state index in [2.05, 4.69) is 25.9 Å². The summed E-state index contributed by atoms with van der Waals surface area (Å²) in [6, 6.07) is 5.20. The molecule has 0 unspecified atom stereocenters. The highest BCUT2D eigenvalue weighted by Crippen LogP contribution is 2.37. The van der Waals surface area contributed by atoms with Crippen molar-refractivity contribution in [2.75, 3.05) is 5.73 Å². The summed E-state index contributed by atoms with van der Waals surface area (Å²) in [5.41, 5.74) is 4.54. The smallest absolute Gasteiger partial charge is 0.384 e. The third kappa shape index (κ3) is 2.61. The number of halogens is 4. The largest absolute Gasteiger partial charge is 0.417 e. The molecule has 0 amide bonds. The van der Waals surface area contributed by atoms with Crippen molar-refractivity contribution in [3.05, 3.63) is 40.5 Å². The predicted molar refractivity (Wildman–Crippen MR) is 64.6 cm³/mol. The number of aromatic nitrogens is 2. The molecule has 0 aliphatic heterocycles. The van der Waals surface area contributed by atoms with Gasteiger partial charge >= 0.3 is 6.18 Å². The van der Waals surface area contributed by atoms with Crippen LogP contribution in [-0.2, 0) is 6.18 Å². The molecular formula is C11H7BrF3N3. The minimum Gasteiger partial charge on any atom is -0.384 e. The predicted octanol–water partition coefficient (Wildman–Crippen LogP) is 3.51. The van der Waals surface area contributed by atoms with E-state index < -0.39 is 11.7 Å². The summed E-state index contributed by atoms with van der Waals surface area (Å²) in [4.78, 5) is 7.61. The molecule has 0 spiro atoms. The minimum atomic E-state index is -4.48. The molecule has 0 aliphatic carbocycles. The van der Waals surface area contributed by atoms with Gasteiger partial charge in [-0.05, 0) is 24.3 Å². The summed E-state index contributed by atoms with van der Waals surface area (Å²) >= 11 is 3.01. The van der Waals surface area contributed by atoms with Crippen molar-refractivity contribution in [2.24, 2.45) is 0 Å². The van der Waals surface area contributed by atoms with Crippen LogP contribution >= 0.6 is 15.9 Å². The molecule has 7 heteroatoms. The van der Waals surface area contributed by atoms with Crippen LogP contribution in [0, 0.1) is 0 Å². The van der Waals surface area contributed by atoms with Gasteiger partial charge in [0.25, 0.3) is 0 Å². The molecule has 2 N–H and O–H groups in total. The number of nitrogen functional groups attached to an aromatic ring is 1. The zero-order chi connectivity index (χ0) is 13.3. The number of anilines is 1. The molecule has 1 aromatic heterocycles. The Kier molecular flexibility index (Phi) is 3.25. The molecular weight excluding hydrogens is 311 g/mol. The average Bonchev–Trinajstić information content (AvgIpc) is 2.27. The van der Waals surface area contributed by atoms with Gasteiger partial charge in [0.1, 0.15) is 5.82 Å². The van der Waals surface area contributed by atoms with Gasteiger partial charge in [0.2, 0.25) is 0 Å². The lowest BCUT2D eigenvalue weighted by Gasteiger charge is -2.12. The number of nitrogens with two attached hydrogens (primary N) is 1.